The molecule has 1 atom stereocenters. The van der Waals surface area contributed by atoms with Gasteiger partial charge in [0.15, 0.2) is 0 Å². The summed E-state index contributed by atoms with van der Waals surface area (Å²) in [4.78, 5) is 29.6. The van der Waals surface area contributed by atoms with Gasteiger partial charge in [-0.2, -0.15) is 0 Å². The van der Waals surface area contributed by atoms with Crippen molar-refractivity contribution in [1.29, 1.82) is 0 Å². The van der Waals surface area contributed by atoms with E-state index in [1.54, 1.807) is 24.3 Å². The molecule has 2 aromatic carbocycles. The number of amides is 1. The number of aromatic nitrogens is 2. The SMILES string of the molecule is CC[C@@H](C(=O)Nc1ccccc1Br)n1cnc2ccccc2c1=O. The first kappa shape index (κ1) is 16.4. The fourth-order valence-electron chi connectivity index (χ4n) is 2.59. The van der Waals surface area contributed by atoms with Gasteiger partial charge in [0.05, 0.1) is 22.9 Å². The second kappa shape index (κ2) is 6.97. The lowest BCUT2D eigenvalue weighted by molar-refractivity contribution is -0.119. The van der Waals surface area contributed by atoms with Gasteiger partial charge >= 0.3 is 0 Å². The second-order valence-electron chi connectivity index (χ2n) is 5.37. The summed E-state index contributed by atoms with van der Waals surface area (Å²) in [6, 6.07) is 13.9. The summed E-state index contributed by atoms with van der Waals surface area (Å²) in [6.45, 7) is 1.87. The van der Waals surface area contributed by atoms with Gasteiger partial charge in [-0.05, 0) is 46.6 Å². The van der Waals surface area contributed by atoms with Gasteiger partial charge in [-0.25, -0.2) is 4.98 Å². The van der Waals surface area contributed by atoms with Gasteiger partial charge in [0, 0.05) is 4.47 Å². The molecule has 1 amide bonds. The van der Waals surface area contributed by atoms with Crippen LogP contribution < -0.4 is 10.9 Å². The van der Waals surface area contributed by atoms with Crippen molar-refractivity contribution in [1.82, 2.24) is 9.55 Å². The highest BCUT2D eigenvalue weighted by Gasteiger charge is 2.21. The average molecular weight is 386 g/mol. The van der Waals surface area contributed by atoms with Gasteiger partial charge in [0.2, 0.25) is 5.91 Å². The summed E-state index contributed by atoms with van der Waals surface area (Å²) in [5.74, 6) is -0.247. The Kier molecular flexibility index (Phi) is 4.76. The van der Waals surface area contributed by atoms with Crippen molar-refractivity contribution < 1.29 is 4.79 Å². The molecule has 0 spiro atoms. The lowest BCUT2D eigenvalue weighted by atomic mass is 10.1. The molecule has 0 unspecified atom stereocenters. The van der Waals surface area contributed by atoms with Crippen LogP contribution in [0.25, 0.3) is 10.9 Å². The topological polar surface area (TPSA) is 64.0 Å². The zero-order valence-corrected chi connectivity index (χ0v) is 14.7. The van der Waals surface area contributed by atoms with Crippen LogP contribution in [0.15, 0.2) is 64.1 Å². The molecule has 5 nitrogen and oxygen atoms in total. The van der Waals surface area contributed by atoms with Crippen LogP contribution in [-0.2, 0) is 4.79 Å². The van der Waals surface area contributed by atoms with Crippen LogP contribution in [0.1, 0.15) is 19.4 Å². The first-order valence-electron chi connectivity index (χ1n) is 7.63. The van der Waals surface area contributed by atoms with Gasteiger partial charge in [-0.1, -0.05) is 31.2 Å². The molecular formula is C18H16BrN3O2. The molecule has 0 saturated carbocycles. The lowest BCUT2D eigenvalue weighted by Crippen LogP contribution is -2.33. The minimum atomic E-state index is -0.623. The van der Waals surface area contributed by atoms with E-state index in [0.29, 0.717) is 23.0 Å². The van der Waals surface area contributed by atoms with Crippen molar-refractivity contribution >= 4 is 38.4 Å². The Hall–Kier alpha value is -2.47. The quantitative estimate of drug-likeness (QED) is 0.743. The Bertz CT molecular complexity index is 952. The number of para-hydroxylation sites is 2. The summed E-state index contributed by atoms with van der Waals surface area (Å²) >= 11 is 3.40. The minimum Gasteiger partial charge on any atom is -0.323 e. The predicted molar refractivity (Wildman–Crippen MR) is 98.1 cm³/mol. The van der Waals surface area contributed by atoms with E-state index in [-0.39, 0.29) is 11.5 Å². The molecule has 1 heterocycles. The number of nitrogens with one attached hydrogen (secondary N) is 1. The summed E-state index contributed by atoms with van der Waals surface area (Å²) < 4.78 is 2.19. The zero-order chi connectivity index (χ0) is 17.1. The smallest absolute Gasteiger partial charge is 0.261 e. The molecular weight excluding hydrogens is 370 g/mol. The molecule has 0 aliphatic rings. The van der Waals surface area contributed by atoms with Crippen molar-refractivity contribution in [2.24, 2.45) is 0 Å². The monoisotopic (exact) mass is 385 g/mol. The van der Waals surface area contributed by atoms with Gasteiger partial charge in [0.25, 0.3) is 5.56 Å². The highest BCUT2D eigenvalue weighted by molar-refractivity contribution is 9.10. The number of carbonyl (C=O) groups excluding carboxylic acids is 1. The van der Waals surface area contributed by atoms with E-state index in [4.69, 9.17) is 0 Å². The van der Waals surface area contributed by atoms with Crippen LogP contribution in [0.5, 0.6) is 0 Å². The summed E-state index contributed by atoms with van der Waals surface area (Å²) in [6.07, 6.45) is 1.93. The maximum Gasteiger partial charge on any atom is 0.261 e. The number of carbonyl (C=O) groups is 1. The third-order valence-corrected chi connectivity index (χ3v) is 4.54. The largest absolute Gasteiger partial charge is 0.323 e. The first-order valence-corrected chi connectivity index (χ1v) is 8.42. The van der Waals surface area contributed by atoms with E-state index in [1.165, 1.54) is 10.9 Å². The van der Waals surface area contributed by atoms with Crippen LogP contribution >= 0.6 is 15.9 Å². The average Bonchev–Trinajstić information content (AvgIpc) is 2.60. The second-order valence-corrected chi connectivity index (χ2v) is 6.22. The summed E-state index contributed by atoms with van der Waals surface area (Å²) in [5.41, 5.74) is 1.08. The highest BCUT2D eigenvalue weighted by atomic mass is 79.9. The molecule has 3 aromatic rings. The number of hydrogen-bond acceptors (Lipinski definition) is 3. The van der Waals surface area contributed by atoms with Gasteiger partial charge in [-0.15, -0.1) is 0 Å². The normalized spacial score (nSPS) is 12.1. The third kappa shape index (κ3) is 3.10. The Morgan fingerprint density at radius 1 is 1.21 bits per heavy atom. The van der Waals surface area contributed by atoms with E-state index < -0.39 is 6.04 Å². The molecule has 122 valence electrons. The first-order chi connectivity index (χ1) is 11.6. The Labute approximate surface area is 147 Å². The van der Waals surface area contributed by atoms with Crippen molar-refractivity contribution in [3.63, 3.8) is 0 Å². The number of nitrogens with zero attached hydrogens (tertiary/aromatic N) is 2. The van der Waals surface area contributed by atoms with E-state index in [0.717, 1.165) is 4.47 Å². The van der Waals surface area contributed by atoms with Crippen molar-refractivity contribution in [3.8, 4) is 0 Å². The predicted octanol–water partition coefficient (Wildman–Crippen LogP) is 3.75. The summed E-state index contributed by atoms with van der Waals surface area (Å²) in [7, 11) is 0. The lowest BCUT2D eigenvalue weighted by Gasteiger charge is -2.18. The minimum absolute atomic E-state index is 0.213. The van der Waals surface area contributed by atoms with Crippen LogP contribution in [0.2, 0.25) is 0 Å². The van der Waals surface area contributed by atoms with Gasteiger partial charge in [-0.3, -0.25) is 14.2 Å². The fourth-order valence-corrected chi connectivity index (χ4v) is 2.98. The maximum absolute atomic E-state index is 12.7. The van der Waals surface area contributed by atoms with Crippen molar-refractivity contribution in [3.05, 3.63) is 69.7 Å². The van der Waals surface area contributed by atoms with Crippen molar-refractivity contribution in [2.45, 2.75) is 19.4 Å². The van der Waals surface area contributed by atoms with Crippen molar-refractivity contribution in [2.75, 3.05) is 5.32 Å². The van der Waals surface area contributed by atoms with E-state index in [9.17, 15) is 9.59 Å². The molecule has 1 N–H and O–H groups in total. The van der Waals surface area contributed by atoms with Crippen LogP contribution in [0, 0.1) is 0 Å². The van der Waals surface area contributed by atoms with Crippen LogP contribution in [-0.4, -0.2) is 15.5 Å². The number of halogens is 1. The standard InChI is InChI=1S/C18H16BrN3O2/c1-2-16(17(23)21-15-10-6-4-8-13(15)19)22-11-20-14-9-5-3-7-12(14)18(22)24/h3-11,16H,2H2,1H3,(H,21,23)/t16-/m0/s1. The molecule has 0 bridgehead atoms. The highest BCUT2D eigenvalue weighted by Crippen LogP contribution is 2.23. The van der Waals surface area contributed by atoms with Crippen LogP contribution in [0.3, 0.4) is 0 Å². The summed E-state index contributed by atoms with van der Waals surface area (Å²) in [5, 5.41) is 3.37. The molecule has 24 heavy (non-hydrogen) atoms. The molecule has 0 aliphatic carbocycles. The number of fused-ring (bicyclic) bond motifs is 1. The molecule has 1 aromatic heterocycles. The molecule has 0 radical (unpaired) electrons. The Morgan fingerprint density at radius 3 is 2.67 bits per heavy atom. The molecule has 0 fully saturated rings. The molecule has 0 saturated heterocycles. The molecule has 6 heteroatoms. The Morgan fingerprint density at radius 2 is 1.92 bits per heavy atom. The number of anilines is 1. The van der Waals surface area contributed by atoms with E-state index in [1.807, 2.05) is 31.2 Å². The molecule has 0 aliphatic heterocycles. The maximum atomic E-state index is 12.7. The zero-order valence-electron chi connectivity index (χ0n) is 13.1. The number of benzene rings is 2. The fraction of sp³-hybridized carbons (Fsp3) is 0.167. The molecule has 3 rings (SSSR count). The van der Waals surface area contributed by atoms with Gasteiger partial charge in [0.1, 0.15) is 6.04 Å². The number of rotatable bonds is 4. The Balaban J connectivity index is 1.97. The van der Waals surface area contributed by atoms with E-state index >= 15 is 0 Å². The van der Waals surface area contributed by atoms with Crippen LogP contribution in [0.4, 0.5) is 5.69 Å². The number of hydrogen-bond donors (Lipinski definition) is 1. The third-order valence-electron chi connectivity index (χ3n) is 3.85. The van der Waals surface area contributed by atoms with Gasteiger partial charge < -0.3 is 5.32 Å². The van der Waals surface area contributed by atoms with E-state index in [2.05, 4.69) is 26.2 Å².